The minimum atomic E-state index is -1.21. The highest BCUT2D eigenvalue weighted by Crippen LogP contribution is 2.32. The molecule has 0 spiro atoms. The van der Waals surface area contributed by atoms with Gasteiger partial charge in [-0.1, -0.05) is 5.57 Å². The lowest BCUT2D eigenvalue weighted by Crippen LogP contribution is -2.39. The van der Waals surface area contributed by atoms with Gasteiger partial charge in [0.2, 0.25) is 0 Å². The average molecular weight is 364 g/mol. The fourth-order valence-electron chi connectivity index (χ4n) is 3.22. The van der Waals surface area contributed by atoms with Gasteiger partial charge in [0.25, 0.3) is 0 Å². The quantitative estimate of drug-likeness (QED) is 0.645. The molecule has 5 atom stereocenters. The van der Waals surface area contributed by atoms with Crippen LogP contribution < -0.4 is 0 Å². The SMILES string of the molecule is CC1=CC(=O)C[C@@H]2C(=O)O[C@@H](C)[C@H](O)/C=C/C(=O)O[C@@H](C)CCC(=O)[C@@H]12. The summed E-state index contributed by atoms with van der Waals surface area (Å²) in [5, 5.41) is 10.0. The number of fused-ring (bicyclic) bond motifs is 1. The first-order valence-electron chi connectivity index (χ1n) is 8.70. The molecule has 0 saturated heterocycles. The van der Waals surface area contributed by atoms with E-state index in [1.165, 1.54) is 19.1 Å². The molecule has 1 aliphatic carbocycles. The van der Waals surface area contributed by atoms with Gasteiger partial charge in [-0.2, -0.15) is 0 Å². The van der Waals surface area contributed by atoms with Crippen molar-refractivity contribution in [1.82, 2.24) is 0 Å². The maximum Gasteiger partial charge on any atom is 0.330 e. The molecule has 0 saturated carbocycles. The first kappa shape index (κ1) is 20.0. The Balaban J connectivity index is 2.33. The van der Waals surface area contributed by atoms with Crippen LogP contribution in [0.1, 0.15) is 40.0 Å². The number of esters is 2. The summed E-state index contributed by atoms with van der Waals surface area (Å²) in [6, 6.07) is 0. The third-order valence-electron chi connectivity index (χ3n) is 4.68. The number of allylic oxidation sites excluding steroid dienone is 2. The first-order chi connectivity index (χ1) is 12.2. The smallest absolute Gasteiger partial charge is 0.330 e. The number of hydrogen-bond donors (Lipinski definition) is 1. The second-order valence-corrected chi connectivity index (χ2v) is 6.89. The van der Waals surface area contributed by atoms with Gasteiger partial charge in [-0.3, -0.25) is 14.4 Å². The normalized spacial score (nSPS) is 35.5. The molecule has 0 fully saturated rings. The van der Waals surface area contributed by atoms with Gasteiger partial charge >= 0.3 is 11.9 Å². The number of carbonyl (C=O) groups excluding carboxylic acids is 4. The number of aliphatic hydroxyl groups is 1. The molecule has 142 valence electrons. The molecule has 0 amide bonds. The van der Waals surface area contributed by atoms with Crippen molar-refractivity contribution >= 4 is 23.5 Å². The fraction of sp³-hybridized carbons (Fsp3) is 0.579. The van der Waals surface area contributed by atoms with E-state index >= 15 is 0 Å². The van der Waals surface area contributed by atoms with Gasteiger partial charge in [-0.25, -0.2) is 4.79 Å². The Kier molecular flexibility index (Phi) is 6.47. The second-order valence-electron chi connectivity index (χ2n) is 6.89. The standard InChI is InChI=1S/C19H24O7/c1-10-8-13(20)9-14-18(10)16(22)5-4-11(2)25-17(23)7-6-15(21)12(3)26-19(14)24/h6-8,11-12,14-15,18,21H,4-5,9H2,1-3H3/b7-6+/t11-,12-,14-,15+,18-/m0/s1. The maximum atomic E-state index is 12.7. The zero-order valence-electron chi connectivity index (χ0n) is 15.1. The molecule has 0 aromatic carbocycles. The zero-order valence-corrected chi connectivity index (χ0v) is 15.1. The van der Waals surface area contributed by atoms with Crippen LogP contribution in [0.25, 0.3) is 0 Å². The summed E-state index contributed by atoms with van der Waals surface area (Å²) in [5.41, 5.74) is 0.526. The minimum Gasteiger partial charge on any atom is -0.460 e. The number of hydrogen-bond acceptors (Lipinski definition) is 7. The van der Waals surface area contributed by atoms with Crippen molar-refractivity contribution in [1.29, 1.82) is 0 Å². The highest BCUT2D eigenvalue weighted by molar-refractivity contribution is 6.00. The molecule has 2 rings (SSSR count). The number of rotatable bonds is 0. The molecule has 0 aromatic rings. The predicted molar refractivity (Wildman–Crippen MR) is 90.9 cm³/mol. The van der Waals surface area contributed by atoms with Crippen molar-refractivity contribution in [3.8, 4) is 0 Å². The van der Waals surface area contributed by atoms with Crippen LogP contribution in [0.5, 0.6) is 0 Å². The molecule has 0 radical (unpaired) electrons. The van der Waals surface area contributed by atoms with Crippen LogP contribution in [0.4, 0.5) is 0 Å². The average Bonchev–Trinajstić information content (AvgIpc) is 2.55. The van der Waals surface area contributed by atoms with E-state index in [-0.39, 0.29) is 24.4 Å². The largest absolute Gasteiger partial charge is 0.460 e. The van der Waals surface area contributed by atoms with Crippen molar-refractivity contribution in [3.05, 3.63) is 23.8 Å². The number of ketones is 2. The Morgan fingerprint density at radius 1 is 1.12 bits per heavy atom. The lowest BCUT2D eigenvalue weighted by atomic mass is 9.75. The Bertz CT molecular complexity index is 661. The number of cyclic esters (lactones) is 2. The Morgan fingerprint density at radius 2 is 1.81 bits per heavy atom. The molecule has 1 heterocycles. The second kappa shape index (κ2) is 8.40. The summed E-state index contributed by atoms with van der Waals surface area (Å²) in [4.78, 5) is 48.8. The van der Waals surface area contributed by atoms with E-state index in [4.69, 9.17) is 9.47 Å². The van der Waals surface area contributed by atoms with Gasteiger partial charge < -0.3 is 14.6 Å². The van der Waals surface area contributed by atoms with Crippen LogP contribution in [-0.4, -0.2) is 46.9 Å². The fourth-order valence-corrected chi connectivity index (χ4v) is 3.22. The summed E-state index contributed by atoms with van der Waals surface area (Å²) in [6.07, 6.45) is 1.32. The van der Waals surface area contributed by atoms with Gasteiger partial charge in [0.05, 0.1) is 17.9 Å². The molecule has 0 bridgehead atoms. The van der Waals surface area contributed by atoms with Crippen molar-refractivity contribution in [2.24, 2.45) is 11.8 Å². The molecule has 7 nitrogen and oxygen atoms in total. The van der Waals surface area contributed by atoms with Crippen LogP contribution >= 0.6 is 0 Å². The summed E-state index contributed by atoms with van der Waals surface area (Å²) in [7, 11) is 0. The summed E-state index contributed by atoms with van der Waals surface area (Å²) < 4.78 is 10.4. The van der Waals surface area contributed by atoms with Crippen molar-refractivity contribution in [2.75, 3.05) is 0 Å². The van der Waals surface area contributed by atoms with Gasteiger partial charge in [0.1, 0.15) is 18.0 Å². The summed E-state index contributed by atoms with van der Waals surface area (Å²) >= 11 is 0. The van der Waals surface area contributed by atoms with E-state index in [2.05, 4.69) is 0 Å². The lowest BCUT2D eigenvalue weighted by Gasteiger charge is -2.30. The summed E-state index contributed by atoms with van der Waals surface area (Å²) in [6.45, 7) is 4.78. The van der Waals surface area contributed by atoms with E-state index in [1.807, 2.05) is 0 Å². The topological polar surface area (TPSA) is 107 Å². The Labute approximate surface area is 152 Å². The van der Waals surface area contributed by atoms with Crippen LogP contribution in [0.15, 0.2) is 23.8 Å². The Morgan fingerprint density at radius 3 is 2.50 bits per heavy atom. The van der Waals surface area contributed by atoms with Crippen LogP contribution in [-0.2, 0) is 28.7 Å². The number of ether oxygens (including phenoxy) is 2. The van der Waals surface area contributed by atoms with Crippen LogP contribution in [0.3, 0.4) is 0 Å². The van der Waals surface area contributed by atoms with Crippen LogP contribution in [0, 0.1) is 11.8 Å². The van der Waals surface area contributed by atoms with Crippen LogP contribution in [0.2, 0.25) is 0 Å². The molecule has 2 aliphatic rings. The Hall–Kier alpha value is -2.28. The van der Waals surface area contributed by atoms with E-state index in [9.17, 15) is 24.3 Å². The zero-order chi connectivity index (χ0) is 19.4. The predicted octanol–water partition coefficient (Wildman–Crippen LogP) is 1.28. The molecule has 0 aromatic heterocycles. The lowest BCUT2D eigenvalue weighted by molar-refractivity contribution is -0.161. The van der Waals surface area contributed by atoms with Gasteiger partial charge in [0.15, 0.2) is 5.78 Å². The molecular formula is C19H24O7. The first-order valence-corrected chi connectivity index (χ1v) is 8.70. The maximum absolute atomic E-state index is 12.7. The number of aliphatic hydroxyl groups excluding tert-OH is 1. The number of Topliss-reactive ketones (excluding diaryl/α,β-unsaturated/α-hetero) is 1. The summed E-state index contributed by atoms with van der Waals surface area (Å²) in [5.74, 6) is -3.42. The van der Waals surface area contributed by atoms with Crippen molar-refractivity contribution < 1.29 is 33.8 Å². The molecule has 7 heteroatoms. The molecular weight excluding hydrogens is 340 g/mol. The molecule has 1 N–H and O–H groups in total. The molecule has 0 unspecified atom stereocenters. The monoisotopic (exact) mass is 364 g/mol. The van der Waals surface area contributed by atoms with Gasteiger partial charge in [-0.05, 0) is 39.3 Å². The van der Waals surface area contributed by atoms with Crippen molar-refractivity contribution in [2.45, 2.75) is 58.3 Å². The highest BCUT2D eigenvalue weighted by atomic mass is 16.6. The van der Waals surface area contributed by atoms with E-state index < -0.39 is 42.1 Å². The van der Waals surface area contributed by atoms with E-state index in [0.29, 0.717) is 12.0 Å². The minimum absolute atomic E-state index is 0.101. The van der Waals surface area contributed by atoms with E-state index in [1.54, 1.807) is 13.8 Å². The van der Waals surface area contributed by atoms with Gasteiger partial charge in [0, 0.05) is 18.9 Å². The van der Waals surface area contributed by atoms with E-state index in [0.717, 1.165) is 6.08 Å². The highest BCUT2D eigenvalue weighted by Gasteiger charge is 2.40. The molecule has 1 aliphatic heterocycles. The number of carbonyl (C=O) groups is 4. The van der Waals surface area contributed by atoms with Gasteiger partial charge in [-0.15, -0.1) is 0 Å². The van der Waals surface area contributed by atoms with Crippen molar-refractivity contribution in [3.63, 3.8) is 0 Å². The third kappa shape index (κ3) is 4.88. The third-order valence-corrected chi connectivity index (χ3v) is 4.68. The molecule has 26 heavy (non-hydrogen) atoms.